The maximum absolute atomic E-state index is 12.4. The molecule has 0 aliphatic carbocycles. The molecule has 6 nitrogen and oxygen atoms in total. The number of benzene rings is 1. The third-order valence-electron chi connectivity index (χ3n) is 4.51. The number of fused-ring (bicyclic) bond motifs is 2. The molecule has 122 valence electrons. The van der Waals surface area contributed by atoms with Crippen LogP contribution < -0.4 is 10.6 Å². The van der Waals surface area contributed by atoms with Crippen LogP contribution in [0.3, 0.4) is 0 Å². The number of carbonyl (C=O) groups excluding carboxylic acids is 2. The topological polar surface area (TPSA) is 94.2 Å². The molecule has 4 N–H and O–H groups in total. The molecule has 2 aliphatic heterocycles. The van der Waals surface area contributed by atoms with E-state index >= 15 is 0 Å². The Morgan fingerprint density at radius 1 is 1.21 bits per heavy atom. The summed E-state index contributed by atoms with van der Waals surface area (Å²) >= 11 is 0. The highest BCUT2D eigenvalue weighted by molar-refractivity contribution is 6.35. The van der Waals surface area contributed by atoms with E-state index in [1.807, 2.05) is 18.2 Å². The van der Waals surface area contributed by atoms with Crippen LogP contribution in [0.2, 0.25) is 0 Å². The monoisotopic (exact) mass is 323 g/mol. The summed E-state index contributed by atoms with van der Waals surface area (Å²) < 4.78 is 0. The molecule has 4 rings (SSSR count). The van der Waals surface area contributed by atoms with Gasteiger partial charge in [0.1, 0.15) is 0 Å². The van der Waals surface area contributed by atoms with Gasteiger partial charge in [-0.05, 0) is 36.1 Å². The fourth-order valence-corrected chi connectivity index (χ4v) is 3.40. The Hall–Kier alpha value is -2.86. The van der Waals surface area contributed by atoms with Crippen molar-refractivity contribution in [2.24, 2.45) is 0 Å². The smallest absolute Gasteiger partial charge is 0.256 e. The lowest BCUT2D eigenvalue weighted by atomic mass is 9.96. The molecule has 0 atom stereocenters. The van der Waals surface area contributed by atoms with E-state index in [2.05, 4.69) is 15.6 Å². The Balaban J connectivity index is 1.83. The Labute approximate surface area is 138 Å². The van der Waals surface area contributed by atoms with Crippen molar-refractivity contribution in [2.75, 3.05) is 18.5 Å². The van der Waals surface area contributed by atoms with E-state index in [0.717, 1.165) is 34.5 Å². The Morgan fingerprint density at radius 3 is 2.92 bits per heavy atom. The molecule has 0 radical (unpaired) electrons. The van der Waals surface area contributed by atoms with Gasteiger partial charge in [-0.3, -0.25) is 9.59 Å². The predicted octanol–water partition coefficient (Wildman–Crippen LogP) is 1.33. The number of hydrogen-bond donors (Lipinski definition) is 4. The molecule has 1 aromatic heterocycles. The van der Waals surface area contributed by atoms with Gasteiger partial charge < -0.3 is 20.7 Å². The maximum Gasteiger partial charge on any atom is 0.256 e. The third-order valence-corrected chi connectivity index (χ3v) is 4.51. The van der Waals surface area contributed by atoms with Gasteiger partial charge >= 0.3 is 0 Å². The van der Waals surface area contributed by atoms with Gasteiger partial charge in [0.15, 0.2) is 0 Å². The minimum atomic E-state index is -0.168. The first-order chi connectivity index (χ1) is 11.7. The first kappa shape index (κ1) is 14.7. The van der Waals surface area contributed by atoms with Gasteiger partial charge in [-0.25, -0.2) is 0 Å². The maximum atomic E-state index is 12.4. The van der Waals surface area contributed by atoms with Crippen molar-refractivity contribution in [2.45, 2.75) is 12.8 Å². The number of aliphatic hydroxyl groups is 1. The minimum absolute atomic E-state index is 0.0238. The highest BCUT2D eigenvalue weighted by atomic mass is 16.3. The second-order valence-corrected chi connectivity index (χ2v) is 5.93. The summed E-state index contributed by atoms with van der Waals surface area (Å²) in [5, 5.41) is 14.9. The molecule has 3 heterocycles. The second-order valence-electron chi connectivity index (χ2n) is 5.93. The fraction of sp³-hybridized carbons (Fsp3) is 0.222. The minimum Gasteiger partial charge on any atom is -0.396 e. The lowest BCUT2D eigenvalue weighted by molar-refractivity contribution is -0.110. The predicted molar refractivity (Wildman–Crippen MR) is 90.6 cm³/mol. The van der Waals surface area contributed by atoms with Gasteiger partial charge in [0.05, 0.1) is 11.1 Å². The molecule has 2 aromatic rings. The number of aromatic nitrogens is 1. The molecule has 6 heteroatoms. The normalized spacial score (nSPS) is 17.5. The van der Waals surface area contributed by atoms with Crippen LogP contribution in [0.15, 0.2) is 24.4 Å². The third kappa shape index (κ3) is 2.23. The first-order valence-electron chi connectivity index (χ1n) is 7.93. The van der Waals surface area contributed by atoms with Crippen LogP contribution in [0.5, 0.6) is 0 Å². The van der Waals surface area contributed by atoms with Gasteiger partial charge in [-0.1, -0.05) is 12.1 Å². The average molecular weight is 323 g/mol. The van der Waals surface area contributed by atoms with E-state index < -0.39 is 0 Å². The van der Waals surface area contributed by atoms with Gasteiger partial charge in [0, 0.05) is 36.3 Å². The Bertz CT molecular complexity index is 880. The van der Waals surface area contributed by atoms with Crippen molar-refractivity contribution in [1.82, 2.24) is 10.3 Å². The molecular formula is C18H17N3O3. The van der Waals surface area contributed by atoms with Crippen LogP contribution in [0.4, 0.5) is 5.69 Å². The van der Waals surface area contributed by atoms with Gasteiger partial charge in [-0.15, -0.1) is 0 Å². The summed E-state index contributed by atoms with van der Waals surface area (Å²) in [7, 11) is 0. The molecule has 24 heavy (non-hydrogen) atoms. The van der Waals surface area contributed by atoms with E-state index in [4.69, 9.17) is 0 Å². The number of hydrogen-bond acceptors (Lipinski definition) is 3. The summed E-state index contributed by atoms with van der Waals surface area (Å²) in [6.07, 6.45) is 4.71. The molecule has 1 aromatic carbocycles. The molecule has 0 saturated heterocycles. The van der Waals surface area contributed by atoms with Crippen molar-refractivity contribution >= 4 is 29.2 Å². The molecule has 2 aliphatic rings. The zero-order valence-electron chi connectivity index (χ0n) is 13.0. The molecule has 0 fully saturated rings. The number of aliphatic hydroxyl groups excluding tert-OH is 1. The Kier molecular flexibility index (Phi) is 3.46. The van der Waals surface area contributed by atoms with Crippen molar-refractivity contribution < 1.29 is 14.7 Å². The molecule has 0 spiro atoms. The van der Waals surface area contributed by atoms with Crippen LogP contribution in [0, 0.1) is 0 Å². The van der Waals surface area contributed by atoms with Crippen LogP contribution in [-0.4, -0.2) is 35.1 Å². The lowest BCUT2D eigenvalue weighted by Gasteiger charge is -2.13. The Morgan fingerprint density at radius 2 is 2.08 bits per heavy atom. The number of anilines is 1. The first-order valence-corrected chi connectivity index (χ1v) is 7.93. The number of H-pyrrole nitrogens is 1. The molecule has 0 saturated carbocycles. The fourth-order valence-electron chi connectivity index (χ4n) is 3.40. The van der Waals surface area contributed by atoms with Crippen LogP contribution in [0.25, 0.3) is 11.6 Å². The van der Waals surface area contributed by atoms with Gasteiger partial charge in [-0.2, -0.15) is 0 Å². The number of amides is 2. The summed E-state index contributed by atoms with van der Waals surface area (Å²) in [5.74, 6) is -0.256. The van der Waals surface area contributed by atoms with Crippen LogP contribution in [-0.2, 0) is 17.6 Å². The highest BCUT2D eigenvalue weighted by Crippen LogP contribution is 2.36. The van der Waals surface area contributed by atoms with Gasteiger partial charge in [0.2, 0.25) is 0 Å². The van der Waals surface area contributed by atoms with Crippen LogP contribution >= 0.6 is 0 Å². The number of carbonyl (C=O) groups is 2. The molecule has 0 unspecified atom stereocenters. The molecular weight excluding hydrogens is 306 g/mol. The van der Waals surface area contributed by atoms with Crippen molar-refractivity contribution in [1.29, 1.82) is 0 Å². The van der Waals surface area contributed by atoms with Gasteiger partial charge in [0.25, 0.3) is 11.8 Å². The summed E-state index contributed by atoms with van der Waals surface area (Å²) in [6.45, 7) is 0.619. The van der Waals surface area contributed by atoms with Crippen molar-refractivity contribution in [3.05, 3.63) is 52.3 Å². The largest absolute Gasteiger partial charge is 0.396 e. The summed E-state index contributed by atoms with van der Waals surface area (Å²) in [4.78, 5) is 27.4. The van der Waals surface area contributed by atoms with E-state index in [0.29, 0.717) is 24.1 Å². The average Bonchev–Trinajstić information content (AvgIpc) is 3.12. The number of nitrogens with one attached hydrogen (secondary N) is 3. The SMILES string of the molecule is O=C1Nc2cccc(CCO)c2C1=Cc1[nH]cc2c1CCNC2=O. The van der Waals surface area contributed by atoms with E-state index in [1.165, 1.54) is 0 Å². The lowest BCUT2D eigenvalue weighted by Crippen LogP contribution is -2.31. The highest BCUT2D eigenvalue weighted by Gasteiger charge is 2.28. The second kappa shape index (κ2) is 5.65. The number of aromatic amines is 1. The van der Waals surface area contributed by atoms with E-state index in [1.54, 1.807) is 12.3 Å². The zero-order chi connectivity index (χ0) is 16.7. The van der Waals surface area contributed by atoms with Crippen molar-refractivity contribution in [3.8, 4) is 0 Å². The summed E-state index contributed by atoms with van der Waals surface area (Å²) in [6, 6.07) is 5.64. The molecule has 0 bridgehead atoms. The zero-order valence-corrected chi connectivity index (χ0v) is 13.0. The van der Waals surface area contributed by atoms with Crippen molar-refractivity contribution in [3.63, 3.8) is 0 Å². The van der Waals surface area contributed by atoms with Crippen LogP contribution in [0.1, 0.15) is 32.7 Å². The standard InChI is InChI=1S/C18H17N3O3/c22-7-5-10-2-1-3-14-16(10)12(18(24)21-14)8-15-11-4-6-19-17(23)13(11)9-20-15/h1-3,8-9,20,22H,4-7H2,(H,19,23)(H,21,24). The molecule has 2 amide bonds. The quantitative estimate of drug-likeness (QED) is 0.642. The van der Waals surface area contributed by atoms with E-state index in [-0.39, 0.29) is 18.4 Å². The number of rotatable bonds is 3. The summed E-state index contributed by atoms with van der Waals surface area (Å²) in [5.41, 5.74) is 5.44. The van der Waals surface area contributed by atoms with E-state index in [9.17, 15) is 14.7 Å².